The lowest BCUT2D eigenvalue weighted by Crippen LogP contribution is -2.42. The number of rotatable bonds is 2. The van der Waals surface area contributed by atoms with Gasteiger partial charge in [-0.3, -0.25) is 9.59 Å². The largest absolute Gasteiger partial charge is 0.345 e. The van der Waals surface area contributed by atoms with Gasteiger partial charge in [0.1, 0.15) is 0 Å². The fraction of sp³-hybridized carbons (Fsp3) is 0.556. The average molecular weight is 316 g/mol. The van der Waals surface area contributed by atoms with Crippen molar-refractivity contribution in [3.05, 3.63) is 35.9 Å². The van der Waals surface area contributed by atoms with Crippen molar-refractivity contribution in [3.63, 3.8) is 0 Å². The summed E-state index contributed by atoms with van der Waals surface area (Å²) in [7, 11) is 1.81. The molecule has 0 N–H and O–H groups in total. The van der Waals surface area contributed by atoms with Gasteiger partial charge in [0.25, 0.3) is 5.91 Å². The van der Waals surface area contributed by atoms with Gasteiger partial charge < -0.3 is 9.80 Å². The van der Waals surface area contributed by atoms with E-state index in [0.29, 0.717) is 38.9 Å². The van der Waals surface area contributed by atoms with Crippen molar-refractivity contribution in [1.82, 2.24) is 9.80 Å². The van der Waals surface area contributed by atoms with Gasteiger partial charge in [-0.25, -0.2) is 4.39 Å². The van der Waals surface area contributed by atoms with E-state index in [1.54, 1.807) is 9.80 Å². The highest BCUT2D eigenvalue weighted by Crippen LogP contribution is 2.51. The SMILES string of the molecule is CN1C[C@H](c2ccccc2)[C@@]2(CCN(C(=O)C3(F)CC3)C2)C1=O. The van der Waals surface area contributed by atoms with Crippen LogP contribution in [0, 0.1) is 5.41 Å². The van der Waals surface area contributed by atoms with Crippen LogP contribution in [0.5, 0.6) is 0 Å². The number of hydrogen-bond donors (Lipinski definition) is 0. The molecular weight excluding hydrogens is 295 g/mol. The van der Waals surface area contributed by atoms with E-state index in [1.807, 2.05) is 37.4 Å². The summed E-state index contributed by atoms with van der Waals surface area (Å²) in [5.74, 6) is -0.261. The molecule has 2 aliphatic heterocycles. The second-order valence-electron chi connectivity index (χ2n) is 7.25. The minimum atomic E-state index is -1.65. The molecule has 2 heterocycles. The molecule has 3 fully saturated rings. The fourth-order valence-corrected chi connectivity index (χ4v) is 4.24. The van der Waals surface area contributed by atoms with E-state index >= 15 is 0 Å². The van der Waals surface area contributed by atoms with Crippen molar-refractivity contribution < 1.29 is 14.0 Å². The van der Waals surface area contributed by atoms with Crippen LogP contribution >= 0.6 is 0 Å². The molecular formula is C18H21FN2O2. The number of carbonyl (C=O) groups is 2. The maximum atomic E-state index is 14.1. The highest BCUT2D eigenvalue weighted by Gasteiger charge is 2.60. The Morgan fingerprint density at radius 3 is 2.57 bits per heavy atom. The van der Waals surface area contributed by atoms with E-state index in [2.05, 4.69) is 0 Å². The third-order valence-electron chi connectivity index (χ3n) is 5.76. The molecule has 1 aliphatic carbocycles. The highest BCUT2D eigenvalue weighted by molar-refractivity contribution is 5.91. The standard InChI is InChI=1S/C18H21FN2O2/c1-20-11-14(13-5-3-2-4-6-13)17(15(20)22)9-10-21(12-17)16(23)18(19)7-8-18/h2-6,14H,7-12H2,1H3/t14-,17+/m1/s1. The molecule has 4 nitrogen and oxygen atoms in total. The van der Waals surface area contributed by atoms with E-state index in [9.17, 15) is 14.0 Å². The van der Waals surface area contributed by atoms with Crippen LogP contribution < -0.4 is 0 Å². The average Bonchev–Trinajstić information content (AvgIpc) is 3.08. The first kappa shape index (κ1) is 14.7. The zero-order chi connectivity index (χ0) is 16.2. The summed E-state index contributed by atoms with van der Waals surface area (Å²) in [4.78, 5) is 28.5. The number of likely N-dealkylation sites (tertiary alicyclic amines) is 2. The maximum Gasteiger partial charge on any atom is 0.260 e. The molecule has 1 aromatic rings. The Hall–Kier alpha value is -1.91. The Morgan fingerprint density at radius 2 is 1.91 bits per heavy atom. The summed E-state index contributed by atoms with van der Waals surface area (Å²) >= 11 is 0. The smallest absolute Gasteiger partial charge is 0.260 e. The van der Waals surface area contributed by atoms with Crippen LogP contribution in [0.15, 0.2) is 30.3 Å². The zero-order valence-corrected chi connectivity index (χ0v) is 13.3. The molecule has 2 amide bonds. The monoisotopic (exact) mass is 316 g/mol. The Morgan fingerprint density at radius 1 is 1.22 bits per heavy atom. The lowest BCUT2D eigenvalue weighted by Gasteiger charge is -2.29. The third kappa shape index (κ3) is 2.09. The molecule has 4 rings (SSSR count). The van der Waals surface area contributed by atoms with Crippen LogP contribution in [0.3, 0.4) is 0 Å². The predicted octanol–water partition coefficient (Wildman–Crippen LogP) is 1.96. The molecule has 0 aromatic heterocycles. The summed E-state index contributed by atoms with van der Waals surface area (Å²) in [5.41, 5.74) is -1.11. The molecule has 2 saturated heterocycles. The normalized spacial score (nSPS) is 31.9. The van der Waals surface area contributed by atoms with Gasteiger partial charge >= 0.3 is 0 Å². The van der Waals surface area contributed by atoms with E-state index in [0.717, 1.165) is 5.56 Å². The fourth-order valence-electron chi connectivity index (χ4n) is 4.24. The van der Waals surface area contributed by atoms with Crippen molar-refractivity contribution >= 4 is 11.8 Å². The van der Waals surface area contributed by atoms with Gasteiger partial charge in [0.15, 0.2) is 5.67 Å². The lowest BCUT2D eigenvalue weighted by atomic mass is 9.73. The second kappa shape index (κ2) is 4.79. The van der Waals surface area contributed by atoms with E-state index in [1.165, 1.54) is 0 Å². The number of hydrogen-bond acceptors (Lipinski definition) is 2. The van der Waals surface area contributed by atoms with Crippen LogP contribution in [0.2, 0.25) is 0 Å². The van der Waals surface area contributed by atoms with Gasteiger partial charge in [-0.1, -0.05) is 30.3 Å². The molecule has 1 aromatic carbocycles. The molecule has 0 bridgehead atoms. The summed E-state index contributed by atoms with van der Waals surface area (Å²) in [5, 5.41) is 0. The van der Waals surface area contributed by atoms with Gasteiger partial charge in [-0.05, 0) is 24.8 Å². The van der Waals surface area contributed by atoms with Gasteiger partial charge in [0, 0.05) is 32.6 Å². The van der Waals surface area contributed by atoms with Crippen LogP contribution in [0.1, 0.15) is 30.7 Å². The van der Waals surface area contributed by atoms with Crippen LogP contribution in [-0.4, -0.2) is 54.0 Å². The maximum absolute atomic E-state index is 14.1. The number of benzene rings is 1. The molecule has 1 saturated carbocycles. The van der Waals surface area contributed by atoms with Gasteiger partial charge in [0.2, 0.25) is 5.91 Å². The van der Waals surface area contributed by atoms with Crippen molar-refractivity contribution in [2.24, 2.45) is 5.41 Å². The number of likely N-dealkylation sites (N-methyl/N-ethyl adjacent to an activating group) is 1. The topological polar surface area (TPSA) is 40.6 Å². The molecule has 5 heteroatoms. The molecule has 23 heavy (non-hydrogen) atoms. The van der Waals surface area contributed by atoms with E-state index < -0.39 is 17.0 Å². The van der Waals surface area contributed by atoms with Crippen molar-refractivity contribution in [3.8, 4) is 0 Å². The van der Waals surface area contributed by atoms with Crippen molar-refractivity contribution in [2.45, 2.75) is 30.8 Å². The summed E-state index contributed by atoms with van der Waals surface area (Å²) < 4.78 is 14.1. The third-order valence-corrected chi connectivity index (χ3v) is 5.76. The first-order chi connectivity index (χ1) is 11.0. The van der Waals surface area contributed by atoms with Crippen molar-refractivity contribution in [2.75, 3.05) is 26.7 Å². The van der Waals surface area contributed by atoms with Gasteiger partial charge in [-0.15, -0.1) is 0 Å². The van der Waals surface area contributed by atoms with Crippen LogP contribution in [-0.2, 0) is 9.59 Å². The van der Waals surface area contributed by atoms with Crippen LogP contribution in [0.25, 0.3) is 0 Å². The van der Waals surface area contributed by atoms with Gasteiger partial charge in [0.05, 0.1) is 5.41 Å². The van der Waals surface area contributed by atoms with Gasteiger partial charge in [-0.2, -0.15) is 0 Å². The van der Waals surface area contributed by atoms with E-state index in [-0.39, 0.29) is 11.8 Å². The summed E-state index contributed by atoms with van der Waals surface area (Å²) in [6.07, 6.45) is 1.27. The Bertz CT molecular complexity index is 658. The molecule has 3 aliphatic rings. The number of amides is 2. The predicted molar refractivity (Wildman–Crippen MR) is 83.5 cm³/mol. The quantitative estimate of drug-likeness (QED) is 0.837. The molecule has 0 radical (unpaired) electrons. The van der Waals surface area contributed by atoms with Crippen LogP contribution in [0.4, 0.5) is 4.39 Å². The minimum Gasteiger partial charge on any atom is -0.345 e. The summed E-state index contributed by atoms with van der Waals surface area (Å²) in [6, 6.07) is 10.00. The Balaban J connectivity index is 1.65. The zero-order valence-electron chi connectivity index (χ0n) is 13.3. The number of nitrogens with zero attached hydrogens (tertiary/aromatic N) is 2. The highest BCUT2D eigenvalue weighted by atomic mass is 19.1. The Kier molecular flexibility index (Phi) is 3.06. The minimum absolute atomic E-state index is 0.0637. The Labute approximate surface area is 135 Å². The molecule has 2 atom stereocenters. The lowest BCUT2D eigenvalue weighted by molar-refractivity contribution is -0.139. The van der Waals surface area contributed by atoms with Crippen molar-refractivity contribution in [1.29, 1.82) is 0 Å². The number of carbonyl (C=O) groups excluding carboxylic acids is 2. The number of alkyl halides is 1. The first-order valence-electron chi connectivity index (χ1n) is 8.25. The molecule has 1 spiro atoms. The second-order valence-corrected chi connectivity index (χ2v) is 7.25. The molecule has 0 unspecified atom stereocenters. The van der Waals surface area contributed by atoms with E-state index in [4.69, 9.17) is 0 Å². The molecule has 122 valence electrons. The number of halogens is 1. The summed E-state index contributed by atoms with van der Waals surface area (Å²) in [6.45, 7) is 1.49. The first-order valence-corrected chi connectivity index (χ1v) is 8.25.